The van der Waals surface area contributed by atoms with Gasteiger partial charge < -0.3 is 41.4 Å². The van der Waals surface area contributed by atoms with E-state index in [0.29, 0.717) is 6.42 Å². The first-order chi connectivity index (χ1) is 30.4. The van der Waals surface area contributed by atoms with Crippen molar-refractivity contribution < 1.29 is 53.2 Å². The lowest BCUT2D eigenvalue weighted by Crippen LogP contribution is -2.54. The average Bonchev–Trinajstić information content (AvgIpc) is 3.24. The molecule has 0 saturated carbocycles. The zero-order valence-corrected chi connectivity index (χ0v) is 39.9. The van der Waals surface area contributed by atoms with Crippen LogP contribution >= 0.6 is 11.8 Å². The van der Waals surface area contributed by atoms with Gasteiger partial charge in [0.1, 0.15) is 18.8 Å². The van der Waals surface area contributed by atoms with Crippen molar-refractivity contribution in [1.82, 2.24) is 16.0 Å². The Morgan fingerprint density at radius 1 is 0.556 bits per heavy atom. The summed E-state index contributed by atoms with van der Waals surface area (Å²) in [5, 5.41) is 24.6. The van der Waals surface area contributed by atoms with Crippen LogP contribution in [0, 0.1) is 0 Å². The van der Waals surface area contributed by atoms with Crippen LogP contribution in [0.4, 0.5) is 0 Å². The molecule has 366 valence electrons. The summed E-state index contributed by atoms with van der Waals surface area (Å²) in [7, 11) is 0. The number of carbonyl (C=O) groups is 7. The number of ether oxygens (including phenoxy) is 2. The third kappa shape index (κ3) is 39.9. The molecule has 0 heterocycles. The smallest absolute Gasteiger partial charge is 0.326 e. The summed E-state index contributed by atoms with van der Waals surface area (Å²) in [6, 6.07) is -1.45. The minimum absolute atomic E-state index is 0.0333. The molecule has 0 fully saturated rings. The van der Waals surface area contributed by atoms with Crippen LogP contribution in [0.5, 0.6) is 0 Å². The summed E-state index contributed by atoms with van der Waals surface area (Å²) >= 11 is 1.32. The van der Waals surface area contributed by atoms with Crippen LogP contribution in [0.2, 0.25) is 0 Å². The van der Waals surface area contributed by atoms with Crippen LogP contribution < -0.4 is 21.7 Å². The molecule has 0 aromatic heterocycles. The van der Waals surface area contributed by atoms with E-state index in [0.717, 1.165) is 44.9 Å². The lowest BCUT2D eigenvalue weighted by molar-refractivity contribution is -0.157. The normalized spacial score (nSPS) is 12.5. The first-order valence-corrected chi connectivity index (χ1v) is 25.5. The third-order valence-corrected chi connectivity index (χ3v) is 11.9. The van der Waals surface area contributed by atoms with Crippen molar-refractivity contribution in [2.75, 3.05) is 24.7 Å². The maximum absolute atomic E-state index is 12.8. The van der Waals surface area contributed by atoms with Gasteiger partial charge in [-0.1, -0.05) is 168 Å². The number of carbonyl (C=O) groups excluding carboxylic acids is 5. The molecule has 3 amide bonds. The Balaban J connectivity index is 4.67. The van der Waals surface area contributed by atoms with E-state index in [4.69, 9.17) is 20.3 Å². The van der Waals surface area contributed by atoms with Gasteiger partial charge >= 0.3 is 23.9 Å². The zero-order valence-electron chi connectivity index (χ0n) is 39.0. The van der Waals surface area contributed by atoms with Crippen molar-refractivity contribution in [3.8, 4) is 0 Å². The summed E-state index contributed by atoms with van der Waals surface area (Å²) in [4.78, 5) is 84.4. The molecule has 3 atom stereocenters. The fourth-order valence-corrected chi connectivity index (χ4v) is 7.86. The highest BCUT2D eigenvalue weighted by Crippen LogP contribution is 2.16. The second-order valence-electron chi connectivity index (χ2n) is 16.8. The van der Waals surface area contributed by atoms with Crippen LogP contribution in [0.15, 0.2) is 0 Å². The molecule has 0 spiro atoms. The number of thioether (sulfide) groups is 1. The molecular weight excluding hydrogens is 829 g/mol. The molecule has 0 aliphatic carbocycles. The van der Waals surface area contributed by atoms with Gasteiger partial charge in [-0.2, -0.15) is 11.8 Å². The molecular formula is C47H86N4O11S. The molecule has 16 heteroatoms. The van der Waals surface area contributed by atoms with Crippen LogP contribution in [0.25, 0.3) is 0 Å². The minimum atomic E-state index is -1.49. The Bertz CT molecular complexity index is 1240. The quantitative estimate of drug-likeness (QED) is 0.0191. The van der Waals surface area contributed by atoms with Gasteiger partial charge in [0.15, 0.2) is 6.17 Å². The lowest BCUT2D eigenvalue weighted by Gasteiger charge is -2.18. The number of carboxylic acids is 2. The van der Waals surface area contributed by atoms with Crippen LogP contribution in [-0.2, 0) is 43.0 Å². The molecule has 0 aromatic rings. The van der Waals surface area contributed by atoms with Gasteiger partial charge in [0.25, 0.3) is 5.91 Å². The van der Waals surface area contributed by atoms with Gasteiger partial charge in [0.05, 0.1) is 6.54 Å². The number of hydrogen-bond donors (Lipinski definition) is 6. The maximum atomic E-state index is 12.8. The Hall–Kier alpha value is -3.40. The molecule has 0 aliphatic heterocycles. The van der Waals surface area contributed by atoms with Crippen molar-refractivity contribution in [2.24, 2.45) is 5.73 Å². The van der Waals surface area contributed by atoms with E-state index in [9.17, 15) is 38.7 Å². The van der Waals surface area contributed by atoms with E-state index in [1.165, 1.54) is 134 Å². The summed E-state index contributed by atoms with van der Waals surface area (Å²) in [6.45, 7) is 3.76. The summed E-state index contributed by atoms with van der Waals surface area (Å²) in [6.07, 6.45) is 28.9. The van der Waals surface area contributed by atoms with Gasteiger partial charge in [0, 0.05) is 37.2 Å². The average molecular weight is 915 g/mol. The Labute approximate surface area is 383 Å². The van der Waals surface area contributed by atoms with Crippen molar-refractivity contribution in [3.63, 3.8) is 0 Å². The molecule has 0 aromatic carbocycles. The molecule has 0 saturated heterocycles. The maximum Gasteiger partial charge on any atom is 0.326 e. The summed E-state index contributed by atoms with van der Waals surface area (Å²) in [5.41, 5.74) is 5.77. The number of hydrogen-bond acceptors (Lipinski definition) is 11. The van der Waals surface area contributed by atoms with Crippen molar-refractivity contribution in [3.05, 3.63) is 0 Å². The second kappa shape index (κ2) is 42.5. The number of carboxylic acid groups (broad SMARTS) is 2. The summed E-state index contributed by atoms with van der Waals surface area (Å²) in [5.74, 6) is -5.06. The fourth-order valence-electron chi connectivity index (χ4n) is 6.93. The highest BCUT2D eigenvalue weighted by molar-refractivity contribution is 7.99. The van der Waals surface area contributed by atoms with Crippen LogP contribution in [-0.4, -0.2) is 94.8 Å². The van der Waals surface area contributed by atoms with Gasteiger partial charge in [-0.3, -0.25) is 28.8 Å². The zero-order chi connectivity index (χ0) is 46.8. The Kier molecular flexibility index (Phi) is 40.2. The standard InChI is InChI=1S/C47H86N4O11S/c1-3-5-7-9-11-13-15-17-19-21-23-25-27-29-43(56)61-36-38(62-44(57)30-28-26-24-22-20-18-16-14-12-10-8-6-4-2)37-63-34-33-40(52)51-45(48)46(58)49-35-41(53)50-39(47(59)60)31-32-42(54)55/h38-39,45H,3-37,48H2,1-2H3,(H,49,58)(H,50,53)(H,51,52)(H,54,55)(H,59,60)/t38-,39-,45-/m1/s1. The van der Waals surface area contributed by atoms with E-state index in [2.05, 4.69) is 29.8 Å². The molecule has 7 N–H and O–H groups in total. The molecule has 0 radical (unpaired) electrons. The van der Waals surface area contributed by atoms with E-state index >= 15 is 0 Å². The monoisotopic (exact) mass is 915 g/mol. The predicted molar refractivity (Wildman–Crippen MR) is 249 cm³/mol. The summed E-state index contributed by atoms with van der Waals surface area (Å²) < 4.78 is 11.3. The highest BCUT2D eigenvalue weighted by Gasteiger charge is 2.23. The molecule has 0 unspecified atom stereocenters. The van der Waals surface area contributed by atoms with Gasteiger partial charge in [-0.05, 0) is 19.3 Å². The number of amides is 3. The van der Waals surface area contributed by atoms with E-state index in [-0.39, 0.29) is 49.3 Å². The molecule has 0 bridgehead atoms. The second-order valence-corrected chi connectivity index (χ2v) is 17.9. The number of rotatable bonds is 45. The first kappa shape index (κ1) is 59.6. The number of unbranched alkanes of at least 4 members (excludes halogenated alkanes) is 24. The largest absolute Gasteiger partial charge is 0.481 e. The first-order valence-electron chi connectivity index (χ1n) is 24.4. The number of esters is 2. The van der Waals surface area contributed by atoms with Crippen LogP contribution in [0.3, 0.4) is 0 Å². The molecule has 0 rings (SSSR count). The third-order valence-electron chi connectivity index (χ3n) is 10.8. The van der Waals surface area contributed by atoms with E-state index < -0.39 is 60.9 Å². The SMILES string of the molecule is CCCCCCCCCCCCCCCC(=O)OC[C@H](CSCCC(=O)N[C@@H](N)C(=O)NCC(=O)N[C@H](CCC(=O)O)C(=O)O)OC(=O)CCCCCCCCCCCCCCC. The number of aliphatic carboxylic acids is 2. The van der Waals surface area contributed by atoms with E-state index in [1.54, 1.807) is 0 Å². The van der Waals surface area contributed by atoms with Crippen LogP contribution in [0.1, 0.15) is 213 Å². The molecule has 63 heavy (non-hydrogen) atoms. The van der Waals surface area contributed by atoms with Gasteiger partial charge in [-0.25, -0.2) is 4.79 Å². The Morgan fingerprint density at radius 3 is 1.44 bits per heavy atom. The van der Waals surface area contributed by atoms with Gasteiger partial charge in [0.2, 0.25) is 11.8 Å². The minimum Gasteiger partial charge on any atom is -0.481 e. The van der Waals surface area contributed by atoms with E-state index in [1.807, 2.05) is 0 Å². The highest BCUT2D eigenvalue weighted by atomic mass is 32.2. The van der Waals surface area contributed by atoms with Crippen molar-refractivity contribution in [2.45, 2.75) is 231 Å². The predicted octanol–water partition coefficient (Wildman–Crippen LogP) is 8.48. The fraction of sp³-hybridized carbons (Fsp3) is 0.851. The van der Waals surface area contributed by atoms with Crippen molar-refractivity contribution in [1.29, 1.82) is 0 Å². The molecule has 0 aliphatic rings. The van der Waals surface area contributed by atoms with Crippen molar-refractivity contribution >= 4 is 53.4 Å². The molecule has 15 nitrogen and oxygen atoms in total. The Morgan fingerprint density at radius 2 is 1.00 bits per heavy atom. The number of nitrogens with one attached hydrogen (secondary N) is 3. The van der Waals surface area contributed by atoms with Gasteiger partial charge in [-0.15, -0.1) is 0 Å². The number of nitrogens with two attached hydrogens (primary N) is 1. The topological polar surface area (TPSA) is 241 Å². The lowest BCUT2D eigenvalue weighted by atomic mass is 10.0.